The van der Waals surface area contributed by atoms with Crippen molar-refractivity contribution in [2.45, 2.75) is 50.7 Å². The van der Waals surface area contributed by atoms with E-state index in [0.29, 0.717) is 0 Å². The summed E-state index contributed by atoms with van der Waals surface area (Å²) in [6.45, 7) is 3.87. The van der Waals surface area contributed by atoms with Gasteiger partial charge in [-0.1, -0.05) is 6.07 Å². The van der Waals surface area contributed by atoms with Crippen LogP contribution >= 0.6 is 11.3 Å². The number of rotatable bonds is 4. The molecule has 1 aliphatic rings. The van der Waals surface area contributed by atoms with Crippen LogP contribution in [0.2, 0.25) is 0 Å². The first-order chi connectivity index (χ1) is 11.8. The third-order valence-electron chi connectivity index (χ3n) is 4.87. The van der Waals surface area contributed by atoms with Crippen LogP contribution in [0.4, 0.5) is 4.79 Å². The van der Waals surface area contributed by atoms with Gasteiger partial charge in [0, 0.05) is 6.04 Å². The lowest BCUT2D eigenvalue weighted by atomic mass is 9.88. The number of hydrogen-bond donors (Lipinski definition) is 4. The van der Waals surface area contributed by atoms with Gasteiger partial charge in [0.2, 0.25) is 0 Å². The fraction of sp³-hybridized carbons (Fsp3) is 0.421. The van der Waals surface area contributed by atoms with Gasteiger partial charge < -0.3 is 21.5 Å². The van der Waals surface area contributed by atoms with Gasteiger partial charge in [-0.15, -0.1) is 0 Å². The first-order valence-corrected chi connectivity index (χ1v) is 9.46. The molecule has 2 unspecified atom stereocenters. The SMILES string of the molecule is CC(C)(NC(=O)NC1CCc2ccc(O)cc2C1)C(N)c1ccsc1. The van der Waals surface area contributed by atoms with Crippen LogP contribution in [0.1, 0.15) is 43.0 Å². The molecule has 1 aromatic carbocycles. The highest BCUT2D eigenvalue weighted by Gasteiger charge is 2.30. The minimum Gasteiger partial charge on any atom is -0.508 e. The molecule has 0 saturated heterocycles. The fourth-order valence-electron chi connectivity index (χ4n) is 3.33. The molecule has 25 heavy (non-hydrogen) atoms. The van der Waals surface area contributed by atoms with Crippen LogP contribution in [0, 0.1) is 0 Å². The molecule has 0 radical (unpaired) electrons. The maximum absolute atomic E-state index is 12.5. The number of hydrogen-bond acceptors (Lipinski definition) is 4. The van der Waals surface area contributed by atoms with Gasteiger partial charge in [-0.2, -0.15) is 11.3 Å². The Kier molecular flexibility index (Phi) is 5.01. The van der Waals surface area contributed by atoms with E-state index >= 15 is 0 Å². The van der Waals surface area contributed by atoms with E-state index in [-0.39, 0.29) is 23.9 Å². The summed E-state index contributed by atoms with van der Waals surface area (Å²) in [5.74, 6) is 0.270. The number of carbonyl (C=O) groups is 1. The van der Waals surface area contributed by atoms with E-state index in [2.05, 4.69) is 10.6 Å². The smallest absolute Gasteiger partial charge is 0.315 e. The molecule has 3 rings (SSSR count). The van der Waals surface area contributed by atoms with Crippen LogP contribution in [0.5, 0.6) is 5.75 Å². The summed E-state index contributed by atoms with van der Waals surface area (Å²) in [5.41, 5.74) is 9.13. The van der Waals surface area contributed by atoms with Gasteiger partial charge in [0.25, 0.3) is 0 Å². The van der Waals surface area contributed by atoms with E-state index in [0.717, 1.165) is 30.4 Å². The molecule has 6 heteroatoms. The summed E-state index contributed by atoms with van der Waals surface area (Å²) < 4.78 is 0. The highest BCUT2D eigenvalue weighted by molar-refractivity contribution is 7.08. The second-order valence-corrected chi connectivity index (χ2v) is 8.03. The van der Waals surface area contributed by atoms with E-state index in [4.69, 9.17) is 5.73 Å². The number of urea groups is 1. The highest BCUT2D eigenvalue weighted by atomic mass is 32.1. The highest BCUT2D eigenvalue weighted by Crippen LogP contribution is 2.26. The number of phenols is 1. The Labute approximate surface area is 152 Å². The third-order valence-corrected chi connectivity index (χ3v) is 5.57. The maximum Gasteiger partial charge on any atom is 0.315 e. The van der Waals surface area contributed by atoms with Crippen molar-refractivity contribution in [2.24, 2.45) is 5.73 Å². The Morgan fingerprint density at radius 3 is 2.88 bits per heavy atom. The molecule has 134 valence electrons. The minimum atomic E-state index is -0.560. The van der Waals surface area contributed by atoms with Crippen LogP contribution in [-0.2, 0) is 12.8 Å². The standard InChI is InChI=1S/C19H25N3O2S/c1-19(2,17(20)13-7-8-25-11-13)22-18(24)21-15-5-3-12-4-6-16(23)10-14(12)9-15/h4,6-8,10-11,15,17,23H,3,5,9,20H2,1-2H3,(H2,21,22,24). The van der Waals surface area contributed by atoms with Crippen LogP contribution in [-0.4, -0.2) is 22.7 Å². The summed E-state index contributed by atoms with van der Waals surface area (Å²) >= 11 is 1.60. The molecule has 5 nitrogen and oxygen atoms in total. The number of aromatic hydroxyl groups is 1. The molecule has 0 saturated carbocycles. The minimum absolute atomic E-state index is 0.0578. The summed E-state index contributed by atoms with van der Waals surface area (Å²) in [6, 6.07) is 7.04. The number of aryl methyl sites for hydroxylation is 1. The van der Waals surface area contributed by atoms with E-state index in [1.165, 1.54) is 5.56 Å². The number of thiophene rings is 1. The molecule has 1 aliphatic carbocycles. The van der Waals surface area contributed by atoms with E-state index in [1.54, 1.807) is 23.5 Å². The zero-order chi connectivity index (χ0) is 18.0. The molecule has 5 N–H and O–H groups in total. The number of carbonyl (C=O) groups excluding carboxylic acids is 1. The predicted molar refractivity (Wildman–Crippen MR) is 101 cm³/mol. The van der Waals surface area contributed by atoms with Gasteiger partial charge in [0.05, 0.1) is 11.6 Å². The summed E-state index contributed by atoms with van der Waals surface area (Å²) in [6.07, 6.45) is 2.52. The van der Waals surface area contributed by atoms with Crippen LogP contribution in [0.15, 0.2) is 35.0 Å². The quantitative estimate of drug-likeness (QED) is 0.676. The normalized spacial score (nSPS) is 18.3. The van der Waals surface area contributed by atoms with Crippen molar-refractivity contribution in [3.05, 3.63) is 51.7 Å². The lowest BCUT2D eigenvalue weighted by molar-refractivity contribution is 0.218. The Bertz CT molecular complexity index is 743. The predicted octanol–water partition coefficient (Wildman–Crippen LogP) is 3.09. The maximum atomic E-state index is 12.5. The number of nitrogens with two attached hydrogens (primary N) is 1. The van der Waals surface area contributed by atoms with Crippen molar-refractivity contribution in [2.75, 3.05) is 0 Å². The Morgan fingerprint density at radius 2 is 2.16 bits per heavy atom. The molecule has 2 aromatic rings. The zero-order valence-electron chi connectivity index (χ0n) is 14.6. The van der Waals surface area contributed by atoms with Crippen molar-refractivity contribution in [3.8, 4) is 5.75 Å². The zero-order valence-corrected chi connectivity index (χ0v) is 15.4. The van der Waals surface area contributed by atoms with Crippen molar-refractivity contribution < 1.29 is 9.90 Å². The number of benzene rings is 1. The Hall–Kier alpha value is -2.05. The molecular formula is C19H25N3O2S. The molecule has 0 fully saturated rings. The largest absolute Gasteiger partial charge is 0.508 e. The topological polar surface area (TPSA) is 87.4 Å². The molecule has 1 aromatic heterocycles. The second-order valence-electron chi connectivity index (χ2n) is 7.25. The van der Waals surface area contributed by atoms with E-state index in [9.17, 15) is 9.90 Å². The van der Waals surface area contributed by atoms with Crippen molar-refractivity contribution in [1.29, 1.82) is 0 Å². The summed E-state index contributed by atoms with van der Waals surface area (Å²) in [5, 5.41) is 19.7. The average Bonchev–Trinajstić information content (AvgIpc) is 3.07. The van der Waals surface area contributed by atoms with Crippen molar-refractivity contribution >= 4 is 17.4 Å². The van der Waals surface area contributed by atoms with E-state index in [1.807, 2.05) is 36.7 Å². The van der Waals surface area contributed by atoms with Gasteiger partial charge >= 0.3 is 6.03 Å². The monoisotopic (exact) mass is 359 g/mol. The third kappa shape index (κ3) is 4.14. The number of nitrogens with one attached hydrogen (secondary N) is 2. The van der Waals surface area contributed by atoms with Crippen LogP contribution < -0.4 is 16.4 Å². The molecule has 0 spiro atoms. The lowest BCUT2D eigenvalue weighted by Crippen LogP contribution is -2.56. The molecular weight excluding hydrogens is 334 g/mol. The van der Waals surface area contributed by atoms with Gasteiger partial charge in [-0.05, 0) is 78.8 Å². The van der Waals surface area contributed by atoms with E-state index < -0.39 is 5.54 Å². The van der Waals surface area contributed by atoms with Gasteiger partial charge in [0.1, 0.15) is 5.75 Å². The summed E-state index contributed by atoms with van der Waals surface area (Å²) in [7, 11) is 0. The van der Waals surface area contributed by atoms with Gasteiger partial charge in [-0.25, -0.2) is 4.79 Å². The second kappa shape index (κ2) is 7.06. The van der Waals surface area contributed by atoms with Crippen molar-refractivity contribution in [3.63, 3.8) is 0 Å². The van der Waals surface area contributed by atoms with Crippen LogP contribution in [0.3, 0.4) is 0 Å². The number of fused-ring (bicyclic) bond motifs is 1. The number of phenolic OH excluding ortho intramolecular Hbond substituents is 1. The van der Waals surface area contributed by atoms with Gasteiger partial charge in [-0.3, -0.25) is 0 Å². The Morgan fingerprint density at radius 1 is 1.36 bits per heavy atom. The number of amides is 2. The molecule has 2 amide bonds. The molecule has 2 atom stereocenters. The first kappa shape index (κ1) is 17.8. The van der Waals surface area contributed by atoms with Gasteiger partial charge in [0.15, 0.2) is 0 Å². The molecule has 1 heterocycles. The summed E-state index contributed by atoms with van der Waals surface area (Å²) in [4.78, 5) is 12.5. The Balaban J connectivity index is 1.59. The fourth-order valence-corrected chi connectivity index (χ4v) is 4.02. The average molecular weight is 359 g/mol. The first-order valence-electron chi connectivity index (χ1n) is 8.52. The lowest BCUT2D eigenvalue weighted by Gasteiger charge is -2.34. The molecule has 0 bridgehead atoms. The van der Waals surface area contributed by atoms with Crippen molar-refractivity contribution in [1.82, 2.24) is 10.6 Å². The van der Waals surface area contributed by atoms with Crippen LogP contribution in [0.25, 0.3) is 0 Å². The molecule has 0 aliphatic heterocycles.